The van der Waals surface area contributed by atoms with Crippen molar-refractivity contribution >= 4 is 34.4 Å². The van der Waals surface area contributed by atoms with Gasteiger partial charge in [0.05, 0.1) is 30.7 Å². The zero-order chi connectivity index (χ0) is 35.6. The molecule has 0 radical (unpaired) electrons. The summed E-state index contributed by atoms with van der Waals surface area (Å²) in [4.78, 5) is 38.7. The number of alkyl carbamates (subject to hydrolysis) is 1. The molecule has 0 bridgehead atoms. The smallest absolute Gasteiger partial charge is 0.407 e. The molecule has 274 valence electrons. The van der Waals surface area contributed by atoms with Gasteiger partial charge >= 0.3 is 12.1 Å². The standard InChI is InChI=1S/C35H53N3O10S/c1-5-17-44-24-33(39)36-28-12-14-30(15-13-28)49(42,43)38(21-26(3)4)22-32(48-34(40)25-45-18-6-2)31(20-27-10-8-7-9-11-27)37-35(41)47-29-16-19-46-23-29/h7-15,26,29,31-32,42-43H,5-6,16-25H2,1-4H3,(H,36,39)(H,37,41)/t29-,31-,32+/m0/s1. The van der Waals surface area contributed by atoms with Crippen LogP contribution < -0.4 is 10.6 Å². The molecule has 13 nitrogen and oxygen atoms in total. The molecule has 1 saturated heterocycles. The molecule has 1 fully saturated rings. The minimum absolute atomic E-state index is 0.0232. The number of ether oxygens (including phenoxy) is 5. The number of esters is 1. The fourth-order valence-corrected chi connectivity index (χ4v) is 6.76. The van der Waals surface area contributed by atoms with Crippen molar-refractivity contribution in [1.82, 2.24) is 9.62 Å². The fraction of sp³-hybridized carbons (Fsp3) is 0.571. The number of anilines is 1. The lowest BCUT2D eigenvalue weighted by atomic mass is 10.0. The fourth-order valence-electron chi connectivity index (χ4n) is 5.10. The van der Waals surface area contributed by atoms with Crippen molar-refractivity contribution in [2.45, 2.75) is 76.5 Å². The third-order valence-electron chi connectivity index (χ3n) is 7.41. The molecule has 0 unspecified atom stereocenters. The Bertz CT molecular complexity index is 1280. The lowest BCUT2D eigenvalue weighted by Crippen LogP contribution is -2.52. The minimum Gasteiger partial charge on any atom is -0.457 e. The van der Waals surface area contributed by atoms with E-state index in [1.54, 1.807) is 12.1 Å². The molecule has 2 amide bonds. The van der Waals surface area contributed by atoms with E-state index in [2.05, 4.69) is 10.6 Å². The van der Waals surface area contributed by atoms with Crippen LogP contribution in [0.3, 0.4) is 0 Å². The third kappa shape index (κ3) is 14.3. The maximum Gasteiger partial charge on any atom is 0.407 e. The molecule has 1 aliphatic heterocycles. The van der Waals surface area contributed by atoms with Crippen LogP contribution in [0.1, 0.15) is 52.5 Å². The quantitative estimate of drug-likeness (QED) is 0.0957. The van der Waals surface area contributed by atoms with Gasteiger partial charge in [0.15, 0.2) is 0 Å². The Balaban J connectivity index is 1.90. The van der Waals surface area contributed by atoms with Crippen LogP contribution in [0.4, 0.5) is 10.5 Å². The Morgan fingerprint density at radius 3 is 2.24 bits per heavy atom. The van der Waals surface area contributed by atoms with Crippen molar-refractivity contribution in [3.05, 3.63) is 60.2 Å². The topological polar surface area (TPSA) is 165 Å². The number of hydrogen-bond donors (Lipinski definition) is 4. The first kappa shape index (κ1) is 40.2. The molecule has 2 aromatic rings. The molecular weight excluding hydrogens is 654 g/mol. The molecule has 2 aromatic carbocycles. The second-order valence-corrected chi connectivity index (χ2v) is 14.3. The molecule has 0 aromatic heterocycles. The highest BCUT2D eigenvalue weighted by molar-refractivity contribution is 8.22. The Kier molecular flexibility index (Phi) is 17.3. The summed E-state index contributed by atoms with van der Waals surface area (Å²) >= 11 is 0. The molecular formula is C35H53N3O10S. The number of nitrogens with one attached hydrogen (secondary N) is 2. The second-order valence-electron chi connectivity index (χ2n) is 12.3. The number of nitrogens with zero attached hydrogens (tertiary/aromatic N) is 1. The van der Waals surface area contributed by atoms with Crippen LogP contribution in [-0.4, -0.2) is 102 Å². The van der Waals surface area contributed by atoms with Crippen molar-refractivity contribution in [3.8, 4) is 0 Å². The summed E-state index contributed by atoms with van der Waals surface area (Å²) in [5.41, 5.74) is 1.33. The van der Waals surface area contributed by atoms with E-state index in [0.29, 0.717) is 45.0 Å². The highest BCUT2D eigenvalue weighted by Gasteiger charge is 2.35. The molecule has 1 aliphatic rings. The Labute approximate surface area is 291 Å². The first-order valence-corrected chi connectivity index (χ1v) is 18.4. The van der Waals surface area contributed by atoms with Crippen molar-refractivity contribution in [2.24, 2.45) is 5.92 Å². The van der Waals surface area contributed by atoms with Gasteiger partial charge in [-0.05, 0) is 55.0 Å². The van der Waals surface area contributed by atoms with Gasteiger partial charge in [-0.1, -0.05) is 58.0 Å². The van der Waals surface area contributed by atoms with Gasteiger partial charge in [-0.3, -0.25) is 13.9 Å². The number of carbonyl (C=O) groups is 3. The minimum atomic E-state index is -3.65. The second kappa shape index (κ2) is 21.1. The maximum absolute atomic E-state index is 13.2. The Morgan fingerprint density at radius 2 is 1.63 bits per heavy atom. The summed E-state index contributed by atoms with van der Waals surface area (Å²) in [6, 6.07) is 14.8. The van der Waals surface area contributed by atoms with Crippen molar-refractivity contribution < 1.29 is 47.2 Å². The highest BCUT2D eigenvalue weighted by atomic mass is 32.3. The highest BCUT2D eigenvalue weighted by Crippen LogP contribution is 2.52. The summed E-state index contributed by atoms with van der Waals surface area (Å²) in [6.07, 6.45) is 0.197. The molecule has 3 rings (SSSR count). The summed E-state index contributed by atoms with van der Waals surface area (Å²) in [5, 5.41) is 5.63. The van der Waals surface area contributed by atoms with E-state index in [0.717, 1.165) is 12.0 Å². The van der Waals surface area contributed by atoms with Crippen molar-refractivity contribution in [2.75, 3.05) is 58.0 Å². The first-order chi connectivity index (χ1) is 23.5. The van der Waals surface area contributed by atoms with Gasteiger partial charge in [-0.25, -0.2) is 9.59 Å². The van der Waals surface area contributed by atoms with Crippen LogP contribution in [0.2, 0.25) is 0 Å². The van der Waals surface area contributed by atoms with E-state index in [-0.39, 0.29) is 49.4 Å². The summed E-state index contributed by atoms with van der Waals surface area (Å²) < 4.78 is 52.7. The van der Waals surface area contributed by atoms with Gasteiger partial charge in [-0.15, -0.1) is 10.8 Å². The van der Waals surface area contributed by atoms with E-state index < -0.39 is 41.1 Å². The normalized spacial score (nSPS) is 16.3. The Morgan fingerprint density at radius 1 is 0.959 bits per heavy atom. The number of benzene rings is 2. The lowest BCUT2D eigenvalue weighted by molar-refractivity contribution is -0.156. The van der Waals surface area contributed by atoms with Gasteiger partial charge in [0.2, 0.25) is 5.91 Å². The van der Waals surface area contributed by atoms with Crippen molar-refractivity contribution in [3.63, 3.8) is 0 Å². The molecule has 14 heteroatoms. The number of amides is 2. The van der Waals surface area contributed by atoms with E-state index in [9.17, 15) is 23.5 Å². The van der Waals surface area contributed by atoms with Gasteiger partial charge in [-0.2, -0.15) is 4.31 Å². The number of carbonyl (C=O) groups excluding carboxylic acids is 3. The zero-order valence-corrected chi connectivity index (χ0v) is 29.8. The van der Waals surface area contributed by atoms with Crippen LogP contribution in [-0.2, 0) is 39.7 Å². The van der Waals surface area contributed by atoms with E-state index >= 15 is 0 Å². The molecule has 0 saturated carbocycles. The van der Waals surface area contributed by atoms with E-state index in [1.165, 1.54) is 16.4 Å². The van der Waals surface area contributed by atoms with Crippen LogP contribution >= 0.6 is 10.8 Å². The molecule has 0 spiro atoms. The summed E-state index contributed by atoms with van der Waals surface area (Å²) in [6.45, 7) is 9.05. The van der Waals surface area contributed by atoms with Crippen LogP contribution in [0.5, 0.6) is 0 Å². The van der Waals surface area contributed by atoms with Gasteiger partial charge in [0, 0.05) is 31.9 Å². The average Bonchev–Trinajstić information content (AvgIpc) is 3.57. The average molecular weight is 708 g/mol. The molecule has 49 heavy (non-hydrogen) atoms. The predicted molar refractivity (Wildman–Crippen MR) is 187 cm³/mol. The monoisotopic (exact) mass is 707 g/mol. The molecule has 3 atom stereocenters. The largest absolute Gasteiger partial charge is 0.457 e. The molecule has 4 N–H and O–H groups in total. The molecule has 0 aliphatic carbocycles. The lowest BCUT2D eigenvalue weighted by Gasteiger charge is -2.45. The van der Waals surface area contributed by atoms with Gasteiger partial charge < -0.3 is 34.3 Å². The van der Waals surface area contributed by atoms with Crippen molar-refractivity contribution in [1.29, 1.82) is 0 Å². The summed E-state index contributed by atoms with van der Waals surface area (Å²) in [5.74, 6) is -0.998. The summed E-state index contributed by atoms with van der Waals surface area (Å²) in [7, 11) is -3.65. The zero-order valence-electron chi connectivity index (χ0n) is 29.0. The predicted octanol–water partition coefficient (Wildman–Crippen LogP) is 5.50. The third-order valence-corrected chi connectivity index (χ3v) is 9.33. The molecule has 1 heterocycles. The van der Waals surface area contributed by atoms with E-state index in [1.807, 2.05) is 58.0 Å². The first-order valence-electron chi connectivity index (χ1n) is 16.9. The van der Waals surface area contributed by atoms with Gasteiger partial charge in [0.1, 0.15) is 25.4 Å². The van der Waals surface area contributed by atoms with Crippen LogP contribution in [0.15, 0.2) is 59.5 Å². The number of rotatable bonds is 21. The number of hydrogen-bond acceptors (Lipinski definition) is 11. The van der Waals surface area contributed by atoms with Crippen LogP contribution in [0.25, 0.3) is 0 Å². The van der Waals surface area contributed by atoms with Gasteiger partial charge in [0.25, 0.3) is 0 Å². The SMILES string of the molecule is CCCOCC(=O)Nc1ccc(S(O)(O)N(CC(C)C)C[C@@H](OC(=O)COCCC)[C@H](Cc2ccccc2)NC(=O)O[C@H]2CCOC2)cc1. The van der Waals surface area contributed by atoms with E-state index in [4.69, 9.17) is 23.7 Å². The Hall–Kier alpha value is -3.24. The maximum atomic E-state index is 13.2. The van der Waals surface area contributed by atoms with Crippen LogP contribution in [0, 0.1) is 5.92 Å².